The molecule has 1 aliphatic rings. The van der Waals surface area contributed by atoms with E-state index in [2.05, 4.69) is 9.88 Å². The Balaban J connectivity index is 2.09. The molecule has 0 unspecified atom stereocenters. The summed E-state index contributed by atoms with van der Waals surface area (Å²) in [4.78, 5) is 18.8. The molecule has 3 rings (SSSR count). The van der Waals surface area contributed by atoms with Crippen LogP contribution in [0.3, 0.4) is 0 Å². The number of morpholine rings is 1. The van der Waals surface area contributed by atoms with Gasteiger partial charge in [-0.3, -0.25) is 9.78 Å². The maximum atomic E-state index is 12.4. The fraction of sp³-hybridized carbons (Fsp3) is 0.375. The Morgan fingerprint density at radius 2 is 2.05 bits per heavy atom. The number of aryl methyl sites for hydroxylation is 2. The predicted molar refractivity (Wildman–Crippen MR) is 82.7 cm³/mol. The van der Waals surface area contributed by atoms with Crippen LogP contribution >= 0.6 is 0 Å². The Labute approximate surface area is 123 Å². The maximum absolute atomic E-state index is 12.4. The molecule has 3 heterocycles. The standard InChI is InChI=1S/C16H19N3O2/c1-12-14(4-3-5-17-12)13-10-15(16(20)18(2)11-13)19-6-8-21-9-7-19/h3-5,10-11H,6-9H2,1-2H3. The molecule has 0 N–H and O–H groups in total. The third-order valence-corrected chi connectivity index (χ3v) is 3.83. The molecule has 5 nitrogen and oxygen atoms in total. The summed E-state index contributed by atoms with van der Waals surface area (Å²) < 4.78 is 7.01. The van der Waals surface area contributed by atoms with Crippen molar-refractivity contribution in [3.8, 4) is 11.1 Å². The van der Waals surface area contributed by atoms with Crippen LogP contribution in [-0.4, -0.2) is 35.9 Å². The summed E-state index contributed by atoms with van der Waals surface area (Å²) in [5.41, 5.74) is 3.81. The molecular formula is C16H19N3O2. The monoisotopic (exact) mass is 285 g/mol. The number of anilines is 1. The third-order valence-electron chi connectivity index (χ3n) is 3.83. The highest BCUT2D eigenvalue weighted by molar-refractivity contribution is 5.69. The van der Waals surface area contributed by atoms with Gasteiger partial charge in [0.05, 0.1) is 13.2 Å². The van der Waals surface area contributed by atoms with Gasteiger partial charge in [-0.1, -0.05) is 6.07 Å². The minimum Gasteiger partial charge on any atom is -0.378 e. The van der Waals surface area contributed by atoms with Crippen molar-refractivity contribution in [3.05, 3.63) is 46.6 Å². The number of rotatable bonds is 2. The second-order valence-electron chi connectivity index (χ2n) is 5.27. The highest BCUT2D eigenvalue weighted by Gasteiger charge is 2.17. The van der Waals surface area contributed by atoms with E-state index in [9.17, 15) is 4.79 Å². The SMILES string of the molecule is Cc1ncccc1-c1cc(N2CCOCC2)c(=O)n(C)c1. The minimum absolute atomic E-state index is 0.0298. The van der Waals surface area contributed by atoms with E-state index < -0.39 is 0 Å². The van der Waals surface area contributed by atoms with Crippen molar-refractivity contribution in [1.29, 1.82) is 0 Å². The predicted octanol–water partition coefficient (Wildman–Crippen LogP) is 1.59. The van der Waals surface area contributed by atoms with Crippen molar-refractivity contribution in [2.45, 2.75) is 6.92 Å². The Bertz CT molecular complexity index is 703. The van der Waals surface area contributed by atoms with Gasteiger partial charge in [-0.05, 0) is 19.1 Å². The fourth-order valence-electron chi connectivity index (χ4n) is 2.66. The molecule has 0 spiro atoms. The van der Waals surface area contributed by atoms with E-state index >= 15 is 0 Å². The molecular weight excluding hydrogens is 266 g/mol. The molecule has 110 valence electrons. The molecule has 1 saturated heterocycles. The van der Waals surface area contributed by atoms with Crippen LogP contribution in [0.5, 0.6) is 0 Å². The topological polar surface area (TPSA) is 47.4 Å². The molecule has 0 aromatic carbocycles. The van der Waals surface area contributed by atoms with Crippen LogP contribution in [0.25, 0.3) is 11.1 Å². The van der Waals surface area contributed by atoms with Gasteiger partial charge in [-0.25, -0.2) is 0 Å². The van der Waals surface area contributed by atoms with E-state index in [4.69, 9.17) is 4.74 Å². The normalized spacial score (nSPS) is 15.2. The highest BCUT2D eigenvalue weighted by atomic mass is 16.5. The molecule has 1 fully saturated rings. The summed E-state index contributed by atoms with van der Waals surface area (Å²) in [5, 5.41) is 0. The molecule has 0 bridgehead atoms. The lowest BCUT2D eigenvalue weighted by molar-refractivity contribution is 0.122. The van der Waals surface area contributed by atoms with Crippen LogP contribution in [-0.2, 0) is 11.8 Å². The molecule has 1 aliphatic heterocycles. The average Bonchev–Trinajstić information content (AvgIpc) is 2.51. The van der Waals surface area contributed by atoms with Crippen LogP contribution in [0.15, 0.2) is 35.4 Å². The quantitative estimate of drug-likeness (QED) is 0.841. The minimum atomic E-state index is 0.0298. The molecule has 0 aliphatic carbocycles. The van der Waals surface area contributed by atoms with E-state index in [1.165, 1.54) is 0 Å². The summed E-state index contributed by atoms with van der Waals surface area (Å²) >= 11 is 0. The zero-order chi connectivity index (χ0) is 14.8. The van der Waals surface area contributed by atoms with Gasteiger partial charge in [0.1, 0.15) is 5.69 Å². The van der Waals surface area contributed by atoms with Crippen LogP contribution in [0.2, 0.25) is 0 Å². The van der Waals surface area contributed by atoms with E-state index in [1.54, 1.807) is 17.8 Å². The second-order valence-corrected chi connectivity index (χ2v) is 5.27. The zero-order valence-electron chi connectivity index (χ0n) is 12.4. The summed E-state index contributed by atoms with van der Waals surface area (Å²) in [6.45, 7) is 4.82. The zero-order valence-corrected chi connectivity index (χ0v) is 12.4. The van der Waals surface area contributed by atoms with Gasteiger partial charge < -0.3 is 14.2 Å². The van der Waals surface area contributed by atoms with Gasteiger partial charge >= 0.3 is 0 Å². The van der Waals surface area contributed by atoms with Gasteiger partial charge in [0, 0.05) is 49.4 Å². The molecule has 21 heavy (non-hydrogen) atoms. The molecule has 0 saturated carbocycles. The van der Waals surface area contributed by atoms with E-state index in [-0.39, 0.29) is 5.56 Å². The number of aromatic nitrogens is 2. The van der Waals surface area contributed by atoms with Gasteiger partial charge in [0.15, 0.2) is 0 Å². The summed E-state index contributed by atoms with van der Waals surface area (Å²) in [6.07, 6.45) is 3.65. The lowest BCUT2D eigenvalue weighted by Crippen LogP contribution is -2.40. The summed E-state index contributed by atoms with van der Waals surface area (Å²) in [5.74, 6) is 0. The van der Waals surface area contributed by atoms with Gasteiger partial charge in [-0.15, -0.1) is 0 Å². The first-order valence-electron chi connectivity index (χ1n) is 7.12. The first-order valence-corrected chi connectivity index (χ1v) is 7.12. The second kappa shape index (κ2) is 5.69. The van der Waals surface area contributed by atoms with Crippen LogP contribution in [0.1, 0.15) is 5.69 Å². The smallest absolute Gasteiger partial charge is 0.273 e. The average molecular weight is 285 g/mol. The summed E-state index contributed by atoms with van der Waals surface area (Å²) in [7, 11) is 1.79. The molecule has 2 aromatic heterocycles. The molecule has 0 radical (unpaired) electrons. The summed E-state index contributed by atoms with van der Waals surface area (Å²) in [6, 6.07) is 5.92. The fourth-order valence-corrected chi connectivity index (χ4v) is 2.66. The number of hydrogen-bond donors (Lipinski definition) is 0. The van der Waals surface area contributed by atoms with Crippen LogP contribution in [0.4, 0.5) is 5.69 Å². The Hall–Kier alpha value is -2.14. The van der Waals surface area contributed by atoms with Crippen molar-refractivity contribution >= 4 is 5.69 Å². The first kappa shape index (κ1) is 13.8. The van der Waals surface area contributed by atoms with E-state index in [0.717, 1.165) is 35.6 Å². The molecule has 5 heteroatoms. The first-order chi connectivity index (χ1) is 10.2. The molecule has 2 aromatic rings. The lowest BCUT2D eigenvalue weighted by atomic mass is 10.1. The van der Waals surface area contributed by atoms with Crippen molar-refractivity contribution in [1.82, 2.24) is 9.55 Å². The third kappa shape index (κ3) is 2.69. The Morgan fingerprint density at radius 3 is 2.76 bits per heavy atom. The number of hydrogen-bond acceptors (Lipinski definition) is 4. The van der Waals surface area contributed by atoms with Gasteiger partial charge in [-0.2, -0.15) is 0 Å². The van der Waals surface area contributed by atoms with Crippen molar-refractivity contribution < 1.29 is 4.74 Å². The van der Waals surface area contributed by atoms with E-state index in [1.807, 2.05) is 31.3 Å². The number of ether oxygens (including phenoxy) is 1. The van der Waals surface area contributed by atoms with Crippen LogP contribution in [0, 0.1) is 6.92 Å². The Kier molecular flexibility index (Phi) is 3.75. The van der Waals surface area contributed by atoms with Crippen molar-refractivity contribution in [2.24, 2.45) is 7.05 Å². The van der Waals surface area contributed by atoms with Gasteiger partial charge in [0.2, 0.25) is 0 Å². The maximum Gasteiger partial charge on any atom is 0.273 e. The molecule has 0 atom stereocenters. The highest BCUT2D eigenvalue weighted by Crippen LogP contribution is 2.24. The molecule has 0 amide bonds. The number of pyridine rings is 2. The lowest BCUT2D eigenvalue weighted by Gasteiger charge is -2.28. The Morgan fingerprint density at radius 1 is 1.29 bits per heavy atom. The largest absolute Gasteiger partial charge is 0.378 e. The number of nitrogens with zero attached hydrogens (tertiary/aromatic N) is 3. The van der Waals surface area contributed by atoms with E-state index in [0.29, 0.717) is 13.2 Å². The van der Waals surface area contributed by atoms with Crippen molar-refractivity contribution in [2.75, 3.05) is 31.2 Å². The van der Waals surface area contributed by atoms with Crippen molar-refractivity contribution in [3.63, 3.8) is 0 Å². The van der Waals surface area contributed by atoms with Crippen LogP contribution < -0.4 is 10.5 Å². The van der Waals surface area contributed by atoms with Gasteiger partial charge in [0.25, 0.3) is 5.56 Å².